The van der Waals surface area contributed by atoms with Gasteiger partial charge in [-0.3, -0.25) is 4.90 Å². The van der Waals surface area contributed by atoms with Crippen LogP contribution in [0.1, 0.15) is 44.7 Å². The second-order valence-electron chi connectivity index (χ2n) is 5.66. The second kappa shape index (κ2) is 7.65. The van der Waals surface area contributed by atoms with Crippen LogP contribution in [0.15, 0.2) is 24.3 Å². The maximum atomic E-state index is 6.05. The summed E-state index contributed by atoms with van der Waals surface area (Å²) < 4.78 is 5.51. The van der Waals surface area contributed by atoms with E-state index in [1.54, 1.807) is 0 Å². The van der Waals surface area contributed by atoms with E-state index >= 15 is 0 Å². The van der Waals surface area contributed by atoms with Gasteiger partial charge in [0, 0.05) is 19.1 Å². The first kappa shape index (κ1) is 15.3. The molecule has 0 amide bonds. The summed E-state index contributed by atoms with van der Waals surface area (Å²) in [4.78, 5) is 2.56. The molecule has 20 heavy (non-hydrogen) atoms. The molecule has 0 saturated carbocycles. The Hall–Kier alpha value is -1.06. The van der Waals surface area contributed by atoms with Gasteiger partial charge in [-0.25, -0.2) is 0 Å². The summed E-state index contributed by atoms with van der Waals surface area (Å²) in [5, 5.41) is 0. The van der Waals surface area contributed by atoms with Crippen molar-refractivity contribution < 1.29 is 4.74 Å². The van der Waals surface area contributed by atoms with Gasteiger partial charge >= 0.3 is 0 Å². The van der Waals surface area contributed by atoms with Gasteiger partial charge in [-0.15, -0.1) is 0 Å². The Kier molecular flexibility index (Phi) is 5.86. The maximum Gasteiger partial charge on any atom is 0.119 e. The third-order valence-corrected chi connectivity index (χ3v) is 4.37. The molecule has 1 aromatic rings. The molecule has 0 bridgehead atoms. The largest absolute Gasteiger partial charge is 0.494 e. The van der Waals surface area contributed by atoms with Crippen molar-refractivity contribution in [2.45, 2.75) is 39.2 Å². The molecule has 1 heterocycles. The zero-order valence-electron chi connectivity index (χ0n) is 12.8. The van der Waals surface area contributed by atoms with Gasteiger partial charge in [0.15, 0.2) is 0 Å². The number of likely N-dealkylation sites (tertiary alicyclic amines) is 1. The molecule has 1 saturated heterocycles. The van der Waals surface area contributed by atoms with Crippen molar-refractivity contribution in [3.8, 4) is 5.75 Å². The van der Waals surface area contributed by atoms with Gasteiger partial charge in [-0.05, 0) is 49.9 Å². The Morgan fingerprint density at radius 2 is 2.05 bits per heavy atom. The summed E-state index contributed by atoms with van der Waals surface area (Å²) in [6.07, 6.45) is 3.94. The molecule has 1 aromatic carbocycles. The van der Waals surface area contributed by atoms with E-state index in [-0.39, 0.29) is 0 Å². The summed E-state index contributed by atoms with van der Waals surface area (Å²) in [5.41, 5.74) is 7.36. The SMILES string of the molecule is CCOc1ccc(C(CN)N2CCCC(CC)C2)cc1. The number of hydrogen-bond acceptors (Lipinski definition) is 3. The van der Waals surface area contributed by atoms with E-state index in [0.717, 1.165) is 11.7 Å². The fourth-order valence-electron chi connectivity index (χ4n) is 3.16. The fourth-order valence-corrected chi connectivity index (χ4v) is 3.16. The quantitative estimate of drug-likeness (QED) is 0.867. The third-order valence-electron chi connectivity index (χ3n) is 4.37. The molecule has 1 fully saturated rings. The lowest BCUT2D eigenvalue weighted by Crippen LogP contribution is -2.40. The number of hydrogen-bond donors (Lipinski definition) is 1. The van der Waals surface area contributed by atoms with Crippen molar-refractivity contribution in [1.82, 2.24) is 4.90 Å². The van der Waals surface area contributed by atoms with Gasteiger partial charge in [0.25, 0.3) is 0 Å². The Morgan fingerprint density at radius 1 is 1.30 bits per heavy atom. The average molecular weight is 276 g/mol. The Balaban J connectivity index is 2.06. The van der Waals surface area contributed by atoms with Gasteiger partial charge in [-0.2, -0.15) is 0 Å². The van der Waals surface area contributed by atoms with Crippen molar-refractivity contribution in [1.29, 1.82) is 0 Å². The molecule has 0 radical (unpaired) electrons. The van der Waals surface area contributed by atoms with Crippen LogP contribution in [0.25, 0.3) is 0 Å². The number of rotatable bonds is 6. The van der Waals surface area contributed by atoms with E-state index in [4.69, 9.17) is 10.5 Å². The van der Waals surface area contributed by atoms with Gasteiger partial charge in [-0.1, -0.05) is 25.5 Å². The van der Waals surface area contributed by atoms with Crippen LogP contribution in [0.3, 0.4) is 0 Å². The molecule has 0 aromatic heterocycles. The molecular weight excluding hydrogens is 248 g/mol. The van der Waals surface area contributed by atoms with Crippen LogP contribution in [0, 0.1) is 5.92 Å². The molecule has 2 unspecified atom stereocenters. The molecule has 2 atom stereocenters. The highest BCUT2D eigenvalue weighted by atomic mass is 16.5. The van der Waals surface area contributed by atoms with Crippen LogP contribution in [0.2, 0.25) is 0 Å². The van der Waals surface area contributed by atoms with Crippen molar-refractivity contribution in [2.24, 2.45) is 11.7 Å². The monoisotopic (exact) mass is 276 g/mol. The van der Waals surface area contributed by atoms with Crippen LogP contribution in [-0.4, -0.2) is 31.1 Å². The van der Waals surface area contributed by atoms with Crippen molar-refractivity contribution in [3.63, 3.8) is 0 Å². The summed E-state index contributed by atoms with van der Waals surface area (Å²) in [7, 11) is 0. The van der Waals surface area contributed by atoms with Crippen molar-refractivity contribution in [2.75, 3.05) is 26.2 Å². The Morgan fingerprint density at radius 3 is 2.65 bits per heavy atom. The highest BCUT2D eigenvalue weighted by Crippen LogP contribution is 2.28. The van der Waals surface area contributed by atoms with Crippen molar-refractivity contribution in [3.05, 3.63) is 29.8 Å². The summed E-state index contributed by atoms with van der Waals surface area (Å²) in [6.45, 7) is 8.06. The first-order chi connectivity index (χ1) is 9.78. The molecule has 112 valence electrons. The standard InChI is InChI=1S/C17H28N2O/c1-3-14-6-5-11-19(13-14)17(12-18)15-7-9-16(10-8-15)20-4-2/h7-10,14,17H,3-6,11-13,18H2,1-2H3. The molecule has 2 rings (SSSR count). The zero-order valence-corrected chi connectivity index (χ0v) is 12.8. The van der Waals surface area contributed by atoms with Gasteiger partial charge in [0.1, 0.15) is 5.75 Å². The van der Waals surface area contributed by atoms with Crippen LogP contribution in [0.4, 0.5) is 0 Å². The lowest BCUT2D eigenvalue weighted by Gasteiger charge is -2.38. The molecule has 0 aliphatic carbocycles. The lowest BCUT2D eigenvalue weighted by atomic mass is 9.93. The number of nitrogens with zero attached hydrogens (tertiary/aromatic N) is 1. The summed E-state index contributed by atoms with van der Waals surface area (Å²) >= 11 is 0. The van der Waals surface area contributed by atoms with Crippen LogP contribution < -0.4 is 10.5 Å². The smallest absolute Gasteiger partial charge is 0.119 e. The zero-order chi connectivity index (χ0) is 14.4. The first-order valence-electron chi connectivity index (χ1n) is 7.95. The predicted octanol–water partition coefficient (Wildman–Crippen LogP) is 3.21. The first-order valence-corrected chi connectivity index (χ1v) is 7.95. The molecular formula is C17H28N2O. The minimum Gasteiger partial charge on any atom is -0.494 e. The Bertz CT molecular complexity index is 390. The van der Waals surface area contributed by atoms with Crippen molar-refractivity contribution >= 4 is 0 Å². The molecule has 1 aliphatic heterocycles. The highest BCUT2D eigenvalue weighted by molar-refractivity contribution is 5.29. The van der Waals surface area contributed by atoms with E-state index in [0.29, 0.717) is 19.2 Å². The van der Waals surface area contributed by atoms with E-state index in [1.807, 2.05) is 6.92 Å². The summed E-state index contributed by atoms with van der Waals surface area (Å²) in [6, 6.07) is 8.79. The van der Waals surface area contributed by atoms with Crippen LogP contribution in [-0.2, 0) is 0 Å². The molecule has 0 spiro atoms. The molecule has 3 nitrogen and oxygen atoms in total. The number of ether oxygens (including phenoxy) is 1. The molecule has 2 N–H and O–H groups in total. The van der Waals surface area contributed by atoms with E-state index < -0.39 is 0 Å². The average Bonchev–Trinajstić information content (AvgIpc) is 2.50. The minimum absolute atomic E-state index is 0.347. The lowest BCUT2D eigenvalue weighted by molar-refractivity contribution is 0.124. The van der Waals surface area contributed by atoms with Gasteiger partial charge in [0.05, 0.1) is 6.61 Å². The minimum atomic E-state index is 0.347. The topological polar surface area (TPSA) is 38.5 Å². The van der Waals surface area contributed by atoms with Gasteiger partial charge in [0.2, 0.25) is 0 Å². The second-order valence-corrected chi connectivity index (χ2v) is 5.66. The number of nitrogens with two attached hydrogens (primary N) is 1. The van der Waals surface area contributed by atoms with Gasteiger partial charge < -0.3 is 10.5 Å². The number of piperidine rings is 1. The van der Waals surface area contributed by atoms with Crippen LogP contribution in [0.5, 0.6) is 5.75 Å². The van der Waals surface area contributed by atoms with Crippen LogP contribution >= 0.6 is 0 Å². The normalized spacial score (nSPS) is 21.6. The summed E-state index contributed by atoms with van der Waals surface area (Å²) in [5.74, 6) is 1.78. The molecule has 1 aliphatic rings. The highest BCUT2D eigenvalue weighted by Gasteiger charge is 2.25. The number of benzene rings is 1. The third kappa shape index (κ3) is 3.74. The van der Waals surface area contributed by atoms with E-state index in [9.17, 15) is 0 Å². The van der Waals surface area contributed by atoms with E-state index in [1.165, 1.54) is 37.9 Å². The Labute approximate surface area is 123 Å². The predicted molar refractivity (Wildman–Crippen MR) is 84.0 cm³/mol. The van der Waals surface area contributed by atoms with E-state index in [2.05, 4.69) is 36.1 Å². The maximum absolute atomic E-state index is 6.05. The molecule has 3 heteroatoms. The fraction of sp³-hybridized carbons (Fsp3) is 0.647.